The average Bonchev–Trinajstić information content (AvgIpc) is 3.93. The molecule has 0 aliphatic rings. The van der Waals surface area contributed by atoms with Gasteiger partial charge >= 0.3 is 0 Å². The highest BCUT2D eigenvalue weighted by Gasteiger charge is 2.23. The first kappa shape index (κ1) is 29.0. The third kappa shape index (κ3) is 4.14. The van der Waals surface area contributed by atoms with Gasteiger partial charge in [-0.1, -0.05) is 127 Å². The maximum atomic E-state index is 6.85. The van der Waals surface area contributed by atoms with Gasteiger partial charge < -0.3 is 8.83 Å². The van der Waals surface area contributed by atoms with E-state index >= 15 is 0 Å². The molecule has 12 rings (SSSR count). The number of fused-ring (bicyclic) bond motifs is 11. The second-order valence-electron chi connectivity index (χ2n) is 14.0. The van der Waals surface area contributed by atoms with Crippen LogP contribution in [-0.2, 0) is 0 Å². The first-order valence-electron chi connectivity index (χ1n) is 18.0. The summed E-state index contributed by atoms with van der Waals surface area (Å²) in [7, 11) is 0. The zero-order valence-corrected chi connectivity index (χ0v) is 29.2. The lowest BCUT2D eigenvalue weighted by Gasteiger charge is -2.18. The lowest BCUT2D eigenvalue weighted by molar-refractivity contribution is 0.619. The van der Waals surface area contributed by atoms with E-state index in [1.807, 2.05) is 17.6 Å². The van der Waals surface area contributed by atoms with Crippen molar-refractivity contribution in [3.63, 3.8) is 0 Å². The molecule has 0 spiro atoms. The van der Waals surface area contributed by atoms with Crippen molar-refractivity contribution in [2.24, 2.45) is 0 Å². The summed E-state index contributed by atoms with van der Waals surface area (Å²) < 4.78 is 15.9. The van der Waals surface area contributed by atoms with Crippen LogP contribution in [0.15, 0.2) is 179 Å². The van der Waals surface area contributed by atoms with Crippen molar-refractivity contribution < 1.29 is 8.83 Å². The van der Waals surface area contributed by atoms with Gasteiger partial charge in [-0.15, -0.1) is 11.3 Å². The van der Waals surface area contributed by atoms with Crippen LogP contribution in [0.2, 0.25) is 0 Å². The van der Waals surface area contributed by atoms with E-state index in [0.717, 1.165) is 49.6 Å². The highest BCUT2D eigenvalue weighted by atomic mass is 32.1. The van der Waals surface area contributed by atoms with E-state index in [1.165, 1.54) is 69.2 Å². The van der Waals surface area contributed by atoms with E-state index in [9.17, 15) is 0 Å². The summed E-state index contributed by atoms with van der Waals surface area (Å²) in [6.45, 7) is 0. The second-order valence-corrected chi connectivity index (χ2v) is 15.0. The van der Waals surface area contributed by atoms with E-state index in [4.69, 9.17) is 8.83 Å². The largest absolute Gasteiger partial charge is 0.463 e. The zero-order chi connectivity index (χ0) is 34.6. The predicted molar refractivity (Wildman–Crippen MR) is 225 cm³/mol. The van der Waals surface area contributed by atoms with Gasteiger partial charge in [-0.3, -0.25) is 0 Å². The maximum absolute atomic E-state index is 6.85. The van der Waals surface area contributed by atoms with E-state index in [-0.39, 0.29) is 0 Å². The quantitative estimate of drug-likeness (QED) is 0.172. The molecule has 12 aromatic rings. The molecular weight excluding hydrogens is 665 g/mol. The molecule has 0 N–H and O–H groups in total. The molecule has 3 aromatic heterocycles. The van der Waals surface area contributed by atoms with E-state index in [2.05, 4.69) is 164 Å². The number of hydrogen-bond donors (Lipinski definition) is 0. The van der Waals surface area contributed by atoms with Gasteiger partial charge in [-0.25, -0.2) is 0 Å². The molecule has 0 radical (unpaired) electrons. The van der Waals surface area contributed by atoms with Crippen LogP contribution in [-0.4, -0.2) is 0 Å². The van der Waals surface area contributed by atoms with Crippen LogP contribution in [0.25, 0.3) is 119 Å². The normalized spacial score (nSPS) is 12.2. The minimum Gasteiger partial charge on any atom is -0.463 e. The molecule has 0 aliphatic heterocycles. The summed E-state index contributed by atoms with van der Waals surface area (Å²) >= 11 is 1.86. The van der Waals surface area contributed by atoms with Crippen molar-refractivity contribution in [2.75, 3.05) is 0 Å². The molecule has 3 heteroatoms. The molecule has 9 aromatic carbocycles. The Hall–Kier alpha value is -6.68. The minimum atomic E-state index is 0.820. The first-order chi connectivity index (χ1) is 26.3. The Bertz CT molecular complexity index is 3410. The number of hydrogen-bond acceptors (Lipinski definition) is 3. The SMILES string of the molecule is c1ccc2cc(-c3coc4c3ccc3oc5c(-c6c7ccccc7c(-c7ccc8sc9ccccc9c8c7)c7ccccc67)cccc5c34)ccc2c1. The van der Waals surface area contributed by atoms with Gasteiger partial charge in [-0.2, -0.15) is 0 Å². The fourth-order valence-electron chi connectivity index (χ4n) is 8.76. The van der Waals surface area contributed by atoms with Crippen molar-refractivity contribution in [3.8, 4) is 33.4 Å². The third-order valence-electron chi connectivity index (χ3n) is 11.1. The molecule has 0 atom stereocenters. The van der Waals surface area contributed by atoms with Gasteiger partial charge in [0, 0.05) is 47.6 Å². The summed E-state index contributed by atoms with van der Waals surface area (Å²) in [5.74, 6) is 0. The Morgan fingerprint density at radius 3 is 1.85 bits per heavy atom. The van der Waals surface area contributed by atoms with Gasteiger partial charge in [0.05, 0.1) is 11.6 Å². The zero-order valence-electron chi connectivity index (χ0n) is 28.4. The maximum Gasteiger partial charge on any atom is 0.146 e. The molecule has 0 bridgehead atoms. The third-order valence-corrected chi connectivity index (χ3v) is 12.3. The summed E-state index contributed by atoms with van der Waals surface area (Å²) in [6, 6.07) is 59.3. The molecule has 2 nitrogen and oxygen atoms in total. The molecule has 0 aliphatic carbocycles. The second kappa shape index (κ2) is 10.9. The Balaban J connectivity index is 1.11. The molecule has 0 saturated carbocycles. The Morgan fingerprint density at radius 1 is 0.377 bits per heavy atom. The van der Waals surface area contributed by atoms with Crippen molar-refractivity contribution in [1.29, 1.82) is 0 Å². The minimum absolute atomic E-state index is 0.820. The van der Waals surface area contributed by atoms with Crippen LogP contribution in [0.1, 0.15) is 0 Å². The molecule has 0 amide bonds. The van der Waals surface area contributed by atoms with Gasteiger partial charge in [0.25, 0.3) is 0 Å². The molecule has 53 heavy (non-hydrogen) atoms. The Morgan fingerprint density at radius 2 is 1.04 bits per heavy atom. The highest BCUT2D eigenvalue weighted by molar-refractivity contribution is 7.25. The monoisotopic (exact) mass is 692 g/mol. The standard InChI is InChI=1S/C50H28O2S/c1-2-11-30-26-31(21-20-29(30)10-1)42-28-51-50-38(42)23-24-43-48(50)40-18-9-17-39(49(40)52-43)47-36-15-5-3-13-34(36)46(35-14-4-6-16-37(35)47)32-22-25-45-41(27-32)33-12-7-8-19-44(33)53-45/h1-28H. The van der Waals surface area contributed by atoms with Crippen LogP contribution in [0.4, 0.5) is 0 Å². The van der Waals surface area contributed by atoms with E-state index < -0.39 is 0 Å². The smallest absolute Gasteiger partial charge is 0.146 e. The molecule has 0 unspecified atom stereocenters. The van der Waals surface area contributed by atoms with Crippen LogP contribution < -0.4 is 0 Å². The van der Waals surface area contributed by atoms with Crippen molar-refractivity contribution in [2.45, 2.75) is 0 Å². The number of rotatable bonds is 3. The summed E-state index contributed by atoms with van der Waals surface area (Å²) in [5, 5.41) is 13.0. The summed E-state index contributed by atoms with van der Waals surface area (Å²) in [5.41, 5.74) is 9.50. The van der Waals surface area contributed by atoms with E-state index in [1.54, 1.807) is 0 Å². The van der Waals surface area contributed by atoms with E-state index in [0.29, 0.717) is 0 Å². The fraction of sp³-hybridized carbons (Fsp3) is 0. The fourth-order valence-corrected chi connectivity index (χ4v) is 9.85. The van der Waals surface area contributed by atoms with Gasteiger partial charge in [0.15, 0.2) is 0 Å². The van der Waals surface area contributed by atoms with Crippen molar-refractivity contribution in [1.82, 2.24) is 0 Å². The highest BCUT2D eigenvalue weighted by Crippen LogP contribution is 2.48. The van der Waals surface area contributed by atoms with Gasteiger partial charge in [0.2, 0.25) is 0 Å². The molecule has 3 heterocycles. The number of furan rings is 2. The van der Waals surface area contributed by atoms with Crippen LogP contribution in [0.3, 0.4) is 0 Å². The Kier molecular flexibility index (Phi) is 5.96. The summed E-state index contributed by atoms with van der Waals surface area (Å²) in [6.07, 6.45) is 1.90. The topological polar surface area (TPSA) is 26.3 Å². The van der Waals surface area contributed by atoms with Crippen LogP contribution in [0.5, 0.6) is 0 Å². The van der Waals surface area contributed by atoms with Crippen molar-refractivity contribution in [3.05, 3.63) is 170 Å². The lowest BCUT2D eigenvalue weighted by Crippen LogP contribution is -1.91. The molecule has 246 valence electrons. The number of benzene rings is 9. The summed E-state index contributed by atoms with van der Waals surface area (Å²) in [4.78, 5) is 0. The van der Waals surface area contributed by atoms with Gasteiger partial charge in [0.1, 0.15) is 16.7 Å². The number of para-hydroxylation sites is 1. The van der Waals surface area contributed by atoms with Crippen LogP contribution in [0, 0.1) is 0 Å². The average molecular weight is 693 g/mol. The van der Waals surface area contributed by atoms with Crippen LogP contribution >= 0.6 is 11.3 Å². The first-order valence-corrected chi connectivity index (χ1v) is 18.8. The lowest BCUT2D eigenvalue weighted by atomic mass is 9.85. The molecule has 0 saturated heterocycles. The Labute approximate surface area is 307 Å². The molecular formula is C50H28O2S. The predicted octanol–water partition coefficient (Wildman–Crippen LogP) is 15.2. The number of thiophene rings is 1. The van der Waals surface area contributed by atoms with Crippen molar-refractivity contribution >= 4 is 96.7 Å². The van der Waals surface area contributed by atoms with Gasteiger partial charge in [-0.05, 0) is 85.4 Å². The molecule has 0 fully saturated rings.